The van der Waals surface area contributed by atoms with Crippen molar-refractivity contribution in [2.75, 3.05) is 33.0 Å². The summed E-state index contributed by atoms with van der Waals surface area (Å²) in [6.07, 6.45) is 20.9. The number of nitrogens with two attached hydrogens (primary N) is 1. The van der Waals surface area contributed by atoms with Crippen molar-refractivity contribution in [3.8, 4) is 28.7 Å². The molecule has 10 amide bonds. The molecule has 0 radical (unpaired) electrons. The van der Waals surface area contributed by atoms with Crippen LogP contribution in [0.25, 0.3) is 0 Å². The molecule has 4 aromatic heterocycles. The van der Waals surface area contributed by atoms with Crippen molar-refractivity contribution in [1.29, 1.82) is 5.41 Å². The third-order valence-electron chi connectivity index (χ3n) is 28.0. The van der Waals surface area contributed by atoms with E-state index in [1.807, 2.05) is 53.7 Å². The van der Waals surface area contributed by atoms with Crippen LogP contribution in [0, 0.1) is 56.0 Å². The molecule has 0 aliphatic heterocycles. The van der Waals surface area contributed by atoms with Crippen LogP contribution in [0.5, 0.6) is 28.7 Å². The quantitative estimate of drug-likeness (QED) is 0.0164. The highest BCUT2D eigenvalue weighted by atomic mass is 35.5. The molecule has 16 aliphatic carbocycles. The lowest BCUT2D eigenvalue weighted by Gasteiger charge is -2.70. The second-order valence-corrected chi connectivity index (χ2v) is 42.3. The molecule has 0 atom stereocenters. The number of carbonyl (C=O) groups is 11. The number of rotatable bonds is 35. The molecule has 16 aliphatic rings. The number of primary amides is 1. The first-order valence-corrected chi connectivity index (χ1v) is 48.5. The van der Waals surface area contributed by atoms with Gasteiger partial charge in [-0.3, -0.25) is 63.1 Å². The Labute approximate surface area is 849 Å². The molecule has 5 aromatic carbocycles. The van der Waals surface area contributed by atoms with Gasteiger partial charge in [-0.2, -0.15) is 0 Å². The van der Waals surface area contributed by atoms with Gasteiger partial charge in [0.1, 0.15) is 63.9 Å². The Kier molecular flexibility index (Phi) is 29.5. The van der Waals surface area contributed by atoms with Crippen LogP contribution in [0.1, 0.15) is 217 Å². The Morgan fingerprint density at radius 2 is 0.854 bits per heavy atom. The van der Waals surface area contributed by atoms with Gasteiger partial charge in [0.15, 0.2) is 56.6 Å². The van der Waals surface area contributed by atoms with E-state index in [9.17, 15) is 65.9 Å². The van der Waals surface area contributed by atoms with Gasteiger partial charge < -0.3 is 90.6 Å². The van der Waals surface area contributed by atoms with Gasteiger partial charge in [-0.1, -0.05) is 83.6 Å². The van der Waals surface area contributed by atoms with E-state index < -0.39 is 46.1 Å². The van der Waals surface area contributed by atoms with Crippen LogP contribution in [-0.4, -0.2) is 174 Å². The van der Waals surface area contributed by atoms with E-state index in [1.54, 1.807) is 42.6 Å². The van der Waals surface area contributed by atoms with Crippen molar-refractivity contribution < 1.29 is 103 Å². The van der Waals surface area contributed by atoms with Crippen LogP contribution in [0.4, 0.5) is 13.2 Å². The first-order valence-electron chi connectivity index (χ1n) is 46.6. The monoisotopic (exact) mass is 2080 g/mol. The zero-order chi connectivity index (χ0) is 103. The fraction of sp³-hybridized carbons (Fsp3) is 0.412. The van der Waals surface area contributed by atoms with Gasteiger partial charge in [-0.05, 0) is 257 Å². The molecular weight excluding hydrogens is 1970 g/mol. The van der Waals surface area contributed by atoms with Gasteiger partial charge in [-0.25, -0.2) is 23.1 Å². The molecule has 12 N–H and O–H groups in total. The third kappa shape index (κ3) is 23.0. The number of hydrogen-bond acceptors (Lipinski definition) is 24. The van der Waals surface area contributed by atoms with Crippen LogP contribution < -0.4 is 77.3 Å². The van der Waals surface area contributed by atoms with Crippen molar-refractivity contribution in [2.45, 2.75) is 226 Å². The van der Waals surface area contributed by atoms with Crippen LogP contribution in [0.3, 0.4) is 0 Å². The number of hydrogen-bond donors (Lipinski definition) is 11. The lowest BCUT2D eigenvalue weighted by atomic mass is 9.38. The van der Waals surface area contributed by atoms with Gasteiger partial charge in [0.05, 0.1) is 38.2 Å². The summed E-state index contributed by atoms with van der Waals surface area (Å²) in [5.74, 6) is -2.24. The van der Waals surface area contributed by atoms with E-state index in [2.05, 4.69) is 74.5 Å². The second-order valence-electron chi connectivity index (χ2n) is 40.2. The maximum Gasteiger partial charge on any atom is 0.290 e. The number of Topliss-reactive ketones (excluding diaryl/α,β-unsaturated/α-hetero) is 1. The summed E-state index contributed by atoms with van der Waals surface area (Å²) in [4.78, 5) is 146. The molecule has 0 unspecified atom stereocenters. The number of aryl methyl sites for hydroxylation is 5. The number of aliphatic imine (C=N–C) groups is 1. The Hall–Kier alpha value is -13.4. The van der Waals surface area contributed by atoms with Crippen molar-refractivity contribution in [2.24, 2.45) is 16.1 Å². The summed E-state index contributed by atoms with van der Waals surface area (Å²) in [6, 6.07) is 26.1. The average molecular weight is 2080 g/mol. The fourth-order valence-corrected chi connectivity index (χ4v) is 22.4. The molecule has 0 saturated heterocycles. The molecule has 4 heterocycles. The highest BCUT2D eigenvalue weighted by Crippen LogP contribution is 2.69. The topological polar surface area (TPSA) is 483 Å². The zero-order valence-corrected chi connectivity index (χ0v) is 83.1. The van der Waals surface area contributed by atoms with E-state index in [1.165, 1.54) is 55.3 Å². The maximum absolute atomic E-state index is 13.4. The number of pyridine rings is 1. The normalized spacial score (nSPS) is 24.9. The van der Waals surface area contributed by atoms with E-state index in [0.29, 0.717) is 102 Å². The number of nitrogens with one attached hydrogen (secondary N) is 10. The molecule has 144 heavy (non-hydrogen) atoms. The lowest BCUT2D eigenvalue weighted by molar-refractivity contribution is -0.171. The maximum atomic E-state index is 13.4. The van der Waals surface area contributed by atoms with Gasteiger partial charge >= 0.3 is 0 Å². The molecule has 9 aromatic rings. The third-order valence-corrected chi connectivity index (χ3v) is 29.8. The Bertz CT molecular complexity index is 6590. The number of furan rings is 1. The van der Waals surface area contributed by atoms with E-state index >= 15 is 0 Å². The molecule has 34 nitrogen and oxygen atoms in total. The first-order chi connectivity index (χ1) is 68.2. The minimum atomic E-state index is -0.963. The van der Waals surface area contributed by atoms with Crippen molar-refractivity contribution in [3.05, 3.63) is 246 Å². The Balaban J connectivity index is 0.000000129. The number of carbonyl (C=O) groups excluding carboxylic acids is 11. The summed E-state index contributed by atoms with van der Waals surface area (Å²) in [5, 5.41) is 40.3. The number of aromatic nitrogens is 3. The first kappa shape index (κ1) is 104. The molecule has 25 rings (SSSR count). The van der Waals surface area contributed by atoms with Crippen molar-refractivity contribution in [1.82, 2.24) is 63.0 Å². The average Bonchev–Trinajstić information content (AvgIpc) is 0.891. The molecule has 0 spiro atoms. The number of halogens is 8. The smallest absolute Gasteiger partial charge is 0.290 e. The molecule has 15 saturated carbocycles. The molecule has 15 fully saturated rings. The largest absolute Gasteiger partial charge is 0.484 e. The summed E-state index contributed by atoms with van der Waals surface area (Å²) >= 11 is 28.8. The standard InChI is InChI=1S/C22H24ClN3O4.C21H21ClFN3O3.C21H22ClFN2O4.C20H20ClFN4O4.C18H18ClN3O4/c1-13-8-14(6-7-16(13)23)29-9-18(27)24-21-10-22(11-21,12-21)25-20(28)19-15-4-2-3-5-17(15)26-30-19;1-12-5-14(7-24-13(12)2)19(28)26-21-9-20(10-21,11-21)25-18(27)8-29-15-3-4-16(22)17(23)6-15;1-12(2)18-14(5-6-28-18)19(27)25-21-9-20(10-21,11-21)24-17(26)8-29-13-3-4-15(22)16(23)7-13;1-2-25-17(18(24)29)16(23)14(27)6-19-8-20(9-19,10-19)26-15(28)7-30-11-3-4-12(21)13(22)5-11;1-11-4-12(2-3-13(11)19)26-6-15(23)21-17-7-18(8-17,9-17)22-16(24)14-5-25-10-20-14/h6-8H,2-5,9-12H2,1H3,(H,24,27)(H,25,28);3-7H,8-11H2,1-2H3,(H,25,27)(H,26,28);3-7,12H,8-11H2,1-2H3,(H,24,26)(H,25,27);2-5,23H,1,6-10H2,(H2,24,29)(H,26,28);2-5,10H,6-9H2,1H3,(H,21,23)(H,22,24). The van der Waals surface area contributed by atoms with E-state index in [-0.39, 0.29) is 186 Å². The van der Waals surface area contributed by atoms with Gasteiger partial charge in [0, 0.05) is 114 Å². The summed E-state index contributed by atoms with van der Waals surface area (Å²) in [6.45, 7) is 14.1. The number of ether oxygens (including phenoxy) is 5. The summed E-state index contributed by atoms with van der Waals surface area (Å²) in [7, 11) is 0. The predicted molar refractivity (Wildman–Crippen MR) is 521 cm³/mol. The number of benzene rings is 5. The predicted octanol–water partition coefficient (Wildman–Crippen LogP) is 14.2. The van der Waals surface area contributed by atoms with E-state index in [0.717, 1.165) is 122 Å². The van der Waals surface area contributed by atoms with Gasteiger partial charge in [0.25, 0.3) is 59.1 Å². The SMILES string of the molecule is C=CN=C(C(=N)C(=O)CC12CC(NC(=O)COc3ccc(Cl)c(F)c3)(C1)C2)C(N)=O.CC(C)c1occc1C(=O)NC12CC(NC(=O)COc3ccc(Cl)c(F)c3)(C1)C2.Cc1cc(C(=O)NC23CC(NC(=O)COc4ccc(Cl)c(F)c4)(C2)C3)cnc1C.Cc1cc(OCC(=O)NC23CC(NC(=O)c4cocn4)(C2)C3)ccc1Cl.Cc1cc(OCC(=O)NC23CC(NC(=O)c4onc5c4CCCC5)(C2)C3)ccc1Cl. The number of oxazole rings is 1. The van der Waals surface area contributed by atoms with Gasteiger partial charge in [0.2, 0.25) is 5.76 Å². The van der Waals surface area contributed by atoms with Crippen LogP contribution >= 0.6 is 58.0 Å². The Morgan fingerprint density at radius 1 is 0.479 bits per heavy atom. The van der Waals surface area contributed by atoms with Gasteiger partial charge in [-0.15, -0.1) is 0 Å². The fourth-order valence-electron chi connectivity index (χ4n) is 21.8. The van der Waals surface area contributed by atoms with Crippen molar-refractivity contribution >= 4 is 134 Å². The van der Waals surface area contributed by atoms with Crippen molar-refractivity contribution in [3.63, 3.8) is 0 Å². The minimum absolute atomic E-state index is 0.000377. The summed E-state index contributed by atoms with van der Waals surface area (Å²) in [5.41, 5.74) is 8.37. The molecule has 42 heteroatoms. The number of ketones is 1. The van der Waals surface area contributed by atoms with Crippen LogP contribution in [0.15, 0.2) is 159 Å². The molecule has 758 valence electrons. The summed E-state index contributed by atoms with van der Waals surface area (Å²) < 4.78 is 82.8. The number of fused-ring (bicyclic) bond motifs is 1. The second kappa shape index (κ2) is 41.0. The van der Waals surface area contributed by atoms with Crippen LogP contribution in [0.2, 0.25) is 25.1 Å². The highest BCUT2D eigenvalue weighted by molar-refractivity contribution is 6.80. The number of nitrogens with zero attached hydrogens (tertiary/aromatic N) is 4. The zero-order valence-electron chi connectivity index (χ0n) is 79.3. The Morgan fingerprint density at radius 3 is 1.23 bits per heavy atom. The van der Waals surface area contributed by atoms with E-state index in [4.69, 9.17) is 106 Å². The highest BCUT2D eigenvalue weighted by Gasteiger charge is 2.73. The lowest BCUT2D eigenvalue weighted by Crippen LogP contribution is -2.84. The molecular formula is C102H105Cl5F3N15O19. The number of amides is 10. The van der Waals surface area contributed by atoms with Crippen LogP contribution in [-0.2, 0) is 46.4 Å². The minimum Gasteiger partial charge on any atom is -0.484 e. The molecule has 10 bridgehead atoms.